The number of thiol groups is 1. The van der Waals surface area contributed by atoms with Crippen LogP contribution in [0, 0.1) is 11.8 Å². The molecular weight excluding hydrogens is 584 g/mol. The number of nitrogens with one attached hydrogen (secondary N) is 2. The highest BCUT2D eigenvalue weighted by Crippen LogP contribution is 2.30. The SMILES string of the molecule is O=c1c(C#CC2=CCCC2)cc2cnc(Nc3ccc(N4CCNCC4)c(Cl)c3)nc2n1Cc1ccccc1C[SH](=O)=O. The summed E-state index contributed by atoms with van der Waals surface area (Å²) in [6.45, 7) is 3.72. The Hall–Kier alpha value is -4.17. The molecule has 2 aliphatic rings. The van der Waals surface area contributed by atoms with Crippen molar-refractivity contribution < 1.29 is 8.42 Å². The molecule has 4 aromatic rings. The monoisotopic (exact) mass is 614 g/mol. The summed E-state index contributed by atoms with van der Waals surface area (Å²) in [7, 11) is -2.64. The van der Waals surface area contributed by atoms with Crippen LogP contribution >= 0.6 is 11.6 Å². The van der Waals surface area contributed by atoms with Gasteiger partial charge in [0.05, 0.1) is 28.6 Å². The Morgan fingerprint density at radius 1 is 1.05 bits per heavy atom. The molecule has 0 atom stereocenters. The van der Waals surface area contributed by atoms with Crippen LogP contribution in [0.5, 0.6) is 0 Å². The van der Waals surface area contributed by atoms with Gasteiger partial charge in [-0.3, -0.25) is 9.36 Å². The van der Waals surface area contributed by atoms with Crippen LogP contribution in [0.2, 0.25) is 5.02 Å². The third-order valence-corrected chi connectivity index (χ3v) is 8.54. The molecule has 2 N–H and O–H groups in total. The number of anilines is 3. The third-order valence-electron chi connectivity index (χ3n) is 7.63. The molecule has 0 unspecified atom stereocenters. The van der Waals surface area contributed by atoms with E-state index in [1.165, 1.54) is 0 Å². The highest BCUT2D eigenvalue weighted by atomic mass is 35.5. The van der Waals surface area contributed by atoms with Gasteiger partial charge < -0.3 is 15.5 Å². The van der Waals surface area contributed by atoms with Gasteiger partial charge in [-0.05, 0) is 60.2 Å². The summed E-state index contributed by atoms with van der Waals surface area (Å²) in [6, 6.07) is 14.7. The molecule has 1 aliphatic carbocycles. The third kappa shape index (κ3) is 6.75. The van der Waals surface area contributed by atoms with E-state index in [1.54, 1.807) is 29.0 Å². The summed E-state index contributed by atoms with van der Waals surface area (Å²) < 4.78 is 24.7. The van der Waals surface area contributed by atoms with Crippen LogP contribution in [-0.2, 0) is 23.0 Å². The average Bonchev–Trinajstić information content (AvgIpc) is 3.53. The van der Waals surface area contributed by atoms with E-state index in [0.717, 1.165) is 62.3 Å². The molecule has 43 heavy (non-hydrogen) atoms. The molecule has 1 aliphatic heterocycles. The fraction of sp³-hybridized carbons (Fsp3) is 0.281. The quantitative estimate of drug-likeness (QED) is 0.210. The Morgan fingerprint density at radius 3 is 2.60 bits per heavy atom. The van der Waals surface area contributed by atoms with E-state index in [1.807, 2.05) is 30.3 Å². The van der Waals surface area contributed by atoms with E-state index < -0.39 is 10.7 Å². The first kappa shape index (κ1) is 28.9. The number of hydrogen-bond acceptors (Lipinski definition) is 8. The van der Waals surface area contributed by atoms with E-state index in [2.05, 4.69) is 38.4 Å². The number of aromatic nitrogens is 3. The van der Waals surface area contributed by atoms with E-state index in [0.29, 0.717) is 38.8 Å². The number of allylic oxidation sites excluding steroid dienone is 2. The van der Waals surface area contributed by atoms with Crippen LogP contribution in [0.1, 0.15) is 36.0 Å². The molecule has 0 amide bonds. The number of benzene rings is 2. The summed E-state index contributed by atoms with van der Waals surface area (Å²) in [5.41, 5.74) is 4.54. The molecule has 0 radical (unpaired) electrons. The lowest BCUT2D eigenvalue weighted by Gasteiger charge is -2.30. The number of piperazine rings is 1. The standard InChI is InChI=1S/C32H31ClN6O3S/c33-28-18-27(11-12-29(28)38-15-13-34-14-16-38)36-32-35-19-26-17-23(10-9-22-5-1-2-6-22)31(40)39(30(26)37-32)20-24-7-3-4-8-25(24)21-43(41)42/h3-5,7-8,11-12,17-19,34,43H,1-2,6,13-16,20-21H2,(H,35,36,37). The summed E-state index contributed by atoms with van der Waals surface area (Å²) >= 11 is 6.66. The average molecular weight is 615 g/mol. The Morgan fingerprint density at radius 2 is 1.86 bits per heavy atom. The van der Waals surface area contributed by atoms with Crippen molar-refractivity contribution in [1.29, 1.82) is 0 Å². The number of nitrogens with zero attached hydrogens (tertiary/aromatic N) is 4. The van der Waals surface area contributed by atoms with Gasteiger partial charge in [0.15, 0.2) is 0 Å². The lowest BCUT2D eigenvalue weighted by atomic mass is 10.1. The van der Waals surface area contributed by atoms with Crippen molar-refractivity contribution in [2.24, 2.45) is 0 Å². The van der Waals surface area contributed by atoms with Crippen molar-refractivity contribution >= 4 is 50.7 Å². The van der Waals surface area contributed by atoms with Gasteiger partial charge in [0, 0.05) is 43.4 Å². The molecule has 0 bridgehead atoms. The highest BCUT2D eigenvalue weighted by Gasteiger charge is 2.16. The van der Waals surface area contributed by atoms with Crippen LogP contribution in [-0.4, -0.2) is 49.1 Å². The fourth-order valence-corrected chi connectivity index (χ4v) is 6.33. The minimum Gasteiger partial charge on any atom is -0.368 e. The minimum absolute atomic E-state index is 0.113. The van der Waals surface area contributed by atoms with Gasteiger partial charge in [-0.15, -0.1) is 0 Å². The number of pyridine rings is 1. The van der Waals surface area contributed by atoms with Crippen molar-refractivity contribution in [1.82, 2.24) is 19.9 Å². The molecule has 1 saturated heterocycles. The second-order valence-electron chi connectivity index (χ2n) is 10.6. The van der Waals surface area contributed by atoms with Crippen molar-refractivity contribution in [3.05, 3.63) is 98.4 Å². The number of halogens is 1. The summed E-state index contributed by atoms with van der Waals surface area (Å²) in [5.74, 6) is 6.42. The molecule has 220 valence electrons. The van der Waals surface area contributed by atoms with E-state index in [-0.39, 0.29) is 17.9 Å². The topological polar surface area (TPSA) is 109 Å². The molecule has 1 fully saturated rings. The van der Waals surface area contributed by atoms with Gasteiger partial charge in [-0.25, -0.2) is 13.4 Å². The smallest absolute Gasteiger partial charge is 0.268 e. The molecule has 0 spiro atoms. The zero-order chi connectivity index (χ0) is 29.8. The van der Waals surface area contributed by atoms with Crippen LogP contribution in [0.3, 0.4) is 0 Å². The molecule has 2 aromatic heterocycles. The minimum atomic E-state index is -2.64. The highest BCUT2D eigenvalue weighted by molar-refractivity contribution is 7.71. The van der Waals surface area contributed by atoms with Crippen LogP contribution in [0.4, 0.5) is 17.3 Å². The van der Waals surface area contributed by atoms with E-state index in [4.69, 9.17) is 16.6 Å². The van der Waals surface area contributed by atoms with Gasteiger partial charge in [0.25, 0.3) is 5.56 Å². The fourth-order valence-electron chi connectivity index (χ4n) is 5.44. The molecule has 2 aromatic carbocycles. The second kappa shape index (κ2) is 13.0. The van der Waals surface area contributed by atoms with Crippen molar-refractivity contribution in [2.45, 2.75) is 31.6 Å². The van der Waals surface area contributed by atoms with Crippen molar-refractivity contribution in [3.8, 4) is 11.8 Å². The first-order chi connectivity index (χ1) is 20.9. The predicted molar refractivity (Wildman–Crippen MR) is 172 cm³/mol. The van der Waals surface area contributed by atoms with Gasteiger partial charge in [-0.2, -0.15) is 4.98 Å². The van der Waals surface area contributed by atoms with Crippen LogP contribution in [0.15, 0.2) is 71.2 Å². The molecule has 9 nitrogen and oxygen atoms in total. The maximum absolute atomic E-state index is 13.8. The molecular formula is C32H31ClN6O3S. The first-order valence-corrected chi connectivity index (χ1v) is 16.0. The zero-order valence-electron chi connectivity index (χ0n) is 23.5. The summed E-state index contributed by atoms with van der Waals surface area (Å²) in [4.78, 5) is 25.3. The molecule has 6 rings (SSSR count). The van der Waals surface area contributed by atoms with E-state index in [9.17, 15) is 13.2 Å². The van der Waals surface area contributed by atoms with Gasteiger partial charge in [-0.1, -0.05) is 53.8 Å². The summed E-state index contributed by atoms with van der Waals surface area (Å²) in [5, 5.41) is 7.84. The maximum atomic E-state index is 13.8. The Labute approximate surface area is 256 Å². The zero-order valence-corrected chi connectivity index (χ0v) is 25.1. The molecule has 11 heteroatoms. The predicted octanol–water partition coefficient (Wildman–Crippen LogP) is 4.22. The Kier molecular flexibility index (Phi) is 8.74. The van der Waals surface area contributed by atoms with Crippen molar-refractivity contribution in [3.63, 3.8) is 0 Å². The first-order valence-electron chi connectivity index (χ1n) is 14.3. The second-order valence-corrected chi connectivity index (χ2v) is 12.0. The number of rotatable bonds is 7. The maximum Gasteiger partial charge on any atom is 0.268 e. The van der Waals surface area contributed by atoms with Crippen LogP contribution < -0.4 is 21.1 Å². The largest absolute Gasteiger partial charge is 0.368 e. The lowest BCUT2D eigenvalue weighted by Crippen LogP contribution is -2.43. The number of fused-ring (bicyclic) bond motifs is 1. The van der Waals surface area contributed by atoms with Gasteiger partial charge in [0.1, 0.15) is 16.4 Å². The Bertz CT molecular complexity index is 1910. The summed E-state index contributed by atoms with van der Waals surface area (Å²) in [6.07, 6.45) is 6.75. The lowest BCUT2D eigenvalue weighted by molar-refractivity contribution is 0.589. The van der Waals surface area contributed by atoms with E-state index >= 15 is 0 Å². The van der Waals surface area contributed by atoms with Crippen molar-refractivity contribution in [2.75, 3.05) is 36.4 Å². The van der Waals surface area contributed by atoms with Crippen LogP contribution in [0.25, 0.3) is 11.0 Å². The van der Waals surface area contributed by atoms with Gasteiger partial charge in [0.2, 0.25) is 5.95 Å². The normalized spacial score (nSPS) is 14.9. The Balaban J connectivity index is 1.38. The molecule has 3 heterocycles. The van der Waals surface area contributed by atoms with Gasteiger partial charge >= 0.3 is 0 Å². The molecule has 0 saturated carbocycles. The number of hydrogen-bond donors (Lipinski definition) is 3.